The predicted octanol–water partition coefficient (Wildman–Crippen LogP) is 15.2. The van der Waals surface area contributed by atoms with Crippen LogP contribution in [0.25, 0.3) is 77.5 Å². The number of hydrogen-bond acceptors (Lipinski definition) is 2. The monoisotopic (exact) mass is 794 g/mol. The lowest BCUT2D eigenvalue weighted by molar-refractivity contribution is 0.660. The first kappa shape index (κ1) is 35.9. The third-order valence-corrected chi connectivity index (χ3v) is 13.0. The van der Waals surface area contributed by atoms with Crippen LogP contribution >= 0.6 is 0 Å². The van der Waals surface area contributed by atoms with Crippen molar-refractivity contribution in [3.05, 3.63) is 230 Å². The first-order valence-electron chi connectivity index (χ1n) is 21.4. The number of rotatable bonds is 7. The molecule has 294 valence electrons. The summed E-state index contributed by atoms with van der Waals surface area (Å²) < 4.78 is 4.70. The van der Waals surface area contributed by atoms with E-state index in [1.165, 1.54) is 66.1 Å². The summed E-state index contributed by atoms with van der Waals surface area (Å²) >= 11 is 0. The molecule has 3 aromatic heterocycles. The highest BCUT2D eigenvalue weighted by Crippen LogP contribution is 2.51. The van der Waals surface area contributed by atoms with Crippen molar-refractivity contribution in [1.29, 1.82) is 0 Å². The molecule has 1 aliphatic carbocycles. The van der Waals surface area contributed by atoms with Crippen LogP contribution in [-0.2, 0) is 5.41 Å². The number of hydrogen-bond donors (Lipinski definition) is 0. The van der Waals surface area contributed by atoms with E-state index in [-0.39, 0.29) is 5.41 Å². The Hall–Kier alpha value is -7.95. The number of fused-ring (bicyclic) bond motifs is 7. The van der Waals surface area contributed by atoms with Gasteiger partial charge in [0.1, 0.15) is 0 Å². The van der Waals surface area contributed by atoms with Gasteiger partial charge in [0.25, 0.3) is 0 Å². The Balaban J connectivity index is 0.971. The molecule has 0 aliphatic heterocycles. The molecule has 4 heteroatoms. The summed E-state index contributed by atoms with van der Waals surface area (Å²) in [4.78, 5) is 6.76. The largest absolute Gasteiger partial charge is 0.316 e. The standard InChI is InChI=1S/C58H42N4/c1-58(2)53-18-10-9-17-49(53)50-29-28-48(36-54(50)58)61(47-26-21-40(22-27-47)43-12-11-32-59-38-43)46-24-19-39(20-25-46)41-23-30-55-51(34-41)52-35-42-31-33-60(44-13-5-3-6-14-44)56(42)37-57(52)62(55)45-15-7-4-8-16-45/h3-38H,1-2H3. The molecule has 0 radical (unpaired) electrons. The Bertz CT molecular complexity index is 3450. The zero-order valence-corrected chi connectivity index (χ0v) is 34.6. The number of benzene rings is 8. The highest BCUT2D eigenvalue weighted by molar-refractivity contribution is 6.14. The van der Waals surface area contributed by atoms with Gasteiger partial charge in [0.15, 0.2) is 0 Å². The Morgan fingerprint density at radius 1 is 0.435 bits per heavy atom. The molecule has 0 saturated carbocycles. The van der Waals surface area contributed by atoms with E-state index >= 15 is 0 Å². The second-order valence-corrected chi connectivity index (χ2v) is 16.9. The van der Waals surface area contributed by atoms with Crippen molar-refractivity contribution in [3.8, 4) is 44.8 Å². The molecule has 4 nitrogen and oxygen atoms in total. The average Bonchev–Trinajstić information content (AvgIpc) is 3.97. The van der Waals surface area contributed by atoms with Gasteiger partial charge in [0.2, 0.25) is 0 Å². The smallest absolute Gasteiger partial charge is 0.0562 e. The molecule has 12 rings (SSSR count). The summed E-state index contributed by atoms with van der Waals surface area (Å²) in [6, 6.07) is 73.1. The molecular formula is C58H42N4. The minimum absolute atomic E-state index is 0.110. The van der Waals surface area contributed by atoms with Crippen LogP contribution < -0.4 is 4.90 Å². The lowest BCUT2D eigenvalue weighted by atomic mass is 9.82. The van der Waals surface area contributed by atoms with Crippen molar-refractivity contribution in [2.75, 3.05) is 4.90 Å². The molecule has 0 amide bonds. The SMILES string of the molecule is CC1(C)c2ccccc2-c2ccc(N(c3ccc(-c4cccnc4)cc3)c3ccc(-c4ccc5c(c4)c4cc6ccn(-c7ccccc7)c6cc4n5-c4ccccc4)cc3)cc21. The van der Waals surface area contributed by atoms with Gasteiger partial charge in [-0.1, -0.05) is 117 Å². The van der Waals surface area contributed by atoms with Gasteiger partial charge in [0, 0.05) is 68.6 Å². The lowest BCUT2D eigenvalue weighted by Crippen LogP contribution is -2.16. The molecule has 0 unspecified atom stereocenters. The summed E-state index contributed by atoms with van der Waals surface area (Å²) in [6.45, 7) is 4.70. The van der Waals surface area contributed by atoms with E-state index in [4.69, 9.17) is 0 Å². The summed E-state index contributed by atoms with van der Waals surface area (Å²) in [6.07, 6.45) is 5.92. The summed E-state index contributed by atoms with van der Waals surface area (Å²) in [5, 5.41) is 3.69. The van der Waals surface area contributed by atoms with E-state index in [0.717, 1.165) is 39.6 Å². The van der Waals surface area contributed by atoms with E-state index in [1.54, 1.807) is 0 Å². The van der Waals surface area contributed by atoms with E-state index in [2.05, 4.69) is 233 Å². The van der Waals surface area contributed by atoms with Crippen molar-refractivity contribution in [1.82, 2.24) is 14.1 Å². The molecule has 0 fully saturated rings. The first-order chi connectivity index (χ1) is 30.5. The Kier molecular flexibility index (Phi) is 8.16. The van der Waals surface area contributed by atoms with Crippen LogP contribution in [0.2, 0.25) is 0 Å². The molecule has 0 N–H and O–H groups in total. The average molecular weight is 795 g/mol. The maximum Gasteiger partial charge on any atom is 0.0562 e. The molecule has 1 aliphatic rings. The summed E-state index contributed by atoms with van der Waals surface area (Å²) in [5.74, 6) is 0. The third kappa shape index (κ3) is 5.72. The van der Waals surface area contributed by atoms with Gasteiger partial charge in [-0.05, 0) is 142 Å². The van der Waals surface area contributed by atoms with Crippen molar-refractivity contribution in [3.63, 3.8) is 0 Å². The van der Waals surface area contributed by atoms with Gasteiger partial charge < -0.3 is 14.0 Å². The van der Waals surface area contributed by atoms with Crippen LogP contribution in [-0.4, -0.2) is 14.1 Å². The zero-order valence-electron chi connectivity index (χ0n) is 34.6. The zero-order chi connectivity index (χ0) is 41.4. The number of anilines is 3. The van der Waals surface area contributed by atoms with Crippen LogP contribution in [0.5, 0.6) is 0 Å². The van der Waals surface area contributed by atoms with E-state index < -0.39 is 0 Å². The molecule has 3 heterocycles. The van der Waals surface area contributed by atoms with Crippen LogP contribution in [0.15, 0.2) is 219 Å². The second-order valence-electron chi connectivity index (χ2n) is 16.9. The quantitative estimate of drug-likeness (QED) is 0.161. The van der Waals surface area contributed by atoms with Gasteiger partial charge >= 0.3 is 0 Å². The molecule has 62 heavy (non-hydrogen) atoms. The fraction of sp³-hybridized carbons (Fsp3) is 0.0517. The molecule has 0 bridgehead atoms. The fourth-order valence-corrected chi connectivity index (χ4v) is 9.92. The first-order valence-corrected chi connectivity index (χ1v) is 21.4. The Morgan fingerprint density at radius 3 is 1.79 bits per heavy atom. The van der Waals surface area contributed by atoms with Crippen molar-refractivity contribution >= 4 is 49.8 Å². The predicted molar refractivity (Wildman–Crippen MR) is 259 cm³/mol. The lowest BCUT2D eigenvalue weighted by Gasteiger charge is -2.28. The van der Waals surface area contributed by atoms with E-state index in [9.17, 15) is 0 Å². The molecular weight excluding hydrogens is 753 g/mol. The van der Waals surface area contributed by atoms with Crippen molar-refractivity contribution in [2.24, 2.45) is 0 Å². The third-order valence-electron chi connectivity index (χ3n) is 13.0. The van der Waals surface area contributed by atoms with Gasteiger partial charge in [0.05, 0.1) is 16.6 Å². The number of aromatic nitrogens is 3. The molecule has 8 aromatic carbocycles. The highest BCUT2D eigenvalue weighted by atomic mass is 15.1. The van der Waals surface area contributed by atoms with Crippen molar-refractivity contribution in [2.45, 2.75) is 19.3 Å². The van der Waals surface area contributed by atoms with Crippen LogP contribution in [0, 0.1) is 0 Å². The van der Waals surface area contributed by atoms with Gasteiger partial charge in [-0.25, -0.2) is 0 Å². The number of pyridine rings is 1. The normalized spacial score (nSPS) is 12.8. The number of para-hydroxylation sites is 2. The highest BCUT2D eigenvalue weighted by Gasteiger charge is 2.35. The van der Waals surface area contributed by atoms with Gasteiger partial charge in [-0.15, -0.1) is 0 Å². The number of nitrogens with zero attached hydrogens (tertiary/aromatic N) is 4. The topological polar surface area (TPSA) is 26.0 Å². The van der Waals surface area contributed by atoms with Crippen molar-refractivity contribution < 1.29 is 0 Å². The Labute approximate surface area is 361 Å². The van der Waals surface area contributed by atoms with Gasteiger partial charge in [-0.2, -0.15) is 0 Å². The summed E-state index contributed by atoms with van der Waals surface area (Å²) in [5.41, 5.74) is 19.1. The van der Waals surface area contributed by atoms with E-state index in [0.29, 0.717) is 0 Å². The van der Waals surface area contributed by atoms with E-state index in [1.807, 2.05) is 18.5 Å². The fourth-order valence-electron chi connectivity index (χ4n) is 9.92. The minimum Gasteiger partial charge on any atom is -0.316 e. The molecule has 0 atom stereocenters. The minimum atomic E-state index is -0.110. The van der Waals surface area contributed by atoms with Crippen LogP contribution in [0.4, 0.5) is 17.1 Å². The molecule has 0 spiro atoms. The Morgan fingerprint density at radius 2 is 1.06 bits per heavy atom. The summed E-state index contributed by atoms with van der Waals surface area (Å²) in [7, 11) is 0. The van der Waals surface area contributed by atoms with Gasteiger partial charge in [-0.3, -0.25) is 4.98 Å². The maximum absolute atomic E-state index is 4.37. The molecule has 0 saturated heterocycles. The molecule has 11 aromatic rings. The maximum atomic E-state index is 4.37. The second kappa shape index (κ2) is 14.1. The van der Waals surface area contributed by atoms with Crippen LogP contribution in [0.1, 0.15) is 25.0 Å². The van der Waals surface area contributed by atoms with Crippen LogP contribution in [0.3, 0.4) is 0 Å².